The summed E-state index contributed by atoms with van der Waals surface area (Å²) < 4.78 is 10.5. The van der Waals surface area contributed by atoms with Crippen LogP contribution in [0.3, 0.4) is 0 Å². The summed E-state index contributed by atoms with van der Waals surface area (Å²) in [7, 11) is 0. The number of hydrogen-bond acceptors (Lipinski definition) is 3. The van der Waals surface area contributed by atoms with E-state index in [1.165, 1.54) is 0 Å². The second kappa shape index (κ2) is 3.07. The van der Waals surface area contributed by atoms with E-state index < -0.39 is 5.60 Å². The molecule has 1 fully saturated rings. The molecule has 0 radical (unpaired) electrons. The van der Waals surface area contributed by atoms with Gasteiger partial charge in [-0.1, -0.05) is 6.92 Å². The first kappa shape index (κ1) is 8.31. The molecule has 1 heterocycles. The minimum absolute atomic E-state index is 0.297. The lowest BCUT2D eigenvalue weighted by molar-refractivity contribution is -0.102. The van der Waals surface area contributed by atoms with Crippen LogP contribution in [0.5, 0.6) is 0 Å². The van der Waals surface area contributed by atoms with Crippen molar-refractivity contribution in [2.45, 2.75) is 25.9 Å². The van der Waals surface area contributed by atoms with Crippen LogP contribution in [0.15, 0.2) is 5.76 Å². The van der Waals surface area contributed by atoms with Crippen LogP contribution in [0.2, 0.25) is 0 Å². The molecule has 0 spiro atoms. The van der Waals surface area contributed by atoms with Crippen LogP contribution in [-0.2, 0) is 14.3 Å². The zero-order valence-electron chi connectivity index (χ0n) is 6.85. The molecule has 1 rings (SSSR count). The van der Waals surface area contributed by atoms with Crippen LogP contribution in [0, 0.1) is 0 Å². The number of hydrogen-bond donors (Lipinski definition) is 0. The van der Waals surface area contributed by atoms with Crippen molar-refractivity contribution in [3.63, 3.8) is 0 Å². The fourth-order valence-corrected chi connectivity index (χ4v) is 1.03. The van der Waals surface area contributed by atoms with E-state index in [1.54, 1.807) is 5.94 Å². The van der Waals surface area contributed by atoms with Gasteiger partial charge in [0.2, 0.25) is 5.76 Å². The van der Waals surface area contributed by atoms with Crippen molar-refractivity contribution in [1.82, 2.24) is 0 Å². The zero-order valence-corrected chi connectivity index (χ0v) is 6.85. The fraction of sp³-hybridized carbons (Fsp3) is 0.750. The third-order valence-corrected chi connectivity index (χ3v) is 2.00. The van der Waals surface area contributed by atoms with Gasteiger partial charge in [0.15, 0.2) is 5.94 Å². The third kappa shape index (κ3) is 1.44. The quantitative estimate of drug-likeness (QED) is 0.529. The summed E-state index contributed by atoms with van der Waals surface area (Å²) in [6.45, 7) is 4.80. The van der Waals surface area contributed by atoms with E-state index in [9.17, 15) is 4.79 Å². The average Bonchev–Trinajstić information content (AvgIpc) is 2.05. The molecule has 1 aliphatic heterocycles. The van der Waals surface area contributed by atoms with Crippen LogP contribution in [-0.4, -0.2) is 24.8 Å². The SMILES string of the molecule is CCC1(C)OCCOC1=C=O. The molecule has 0 aliphatic carbocycles. The van der Waals surface area contributed by atoms with E-state index >= 15 is 0 Å². The van der Waals surface area contributed by atoms with Crippen molar-refractivity contribution in [1.29, 1.82) is 0 Å². The number of ether oxygens (including phenoxy) is 2. The summed E-state index contributed by atoms with van der Waals surface area (Å²) in [5, 5.41) is 0. The van der Waals surface area contributed by atoms with E-state index in [2.05, 4.69) is 0 Å². The Hall–Kier alpha value is -0.790. The molecule has 0 saturated carbocycles. The van der Waals surface area contributed by atoms with Gasteiger partial charge >= 0.3 is 0 Å². The first-order valence-electron chi connectivity index (χ1n) is 3.75. The monoisotopic (exact) mass is 156 g/mol. The molecule has 1 unspecified atom stereocenters. The number of rotatable bonds is 1. The summed E-state index contributed by atoms with van der Waals surface area (Å²) >= 11 is 0. The molecule has 0 bridgehead atoms. The molecular formula is C8H12O3. The lowest BCUT2D eigenvalue weighted by Gasteiger charge is -2.32. The lowest BCUT2D eigenvalue weighted by atomic mass is 10.0. The minimum Gasteiger partial charge on any atom is -0.482 e. The normalized spacial score (nSPS) is 30.9. The minimum atomic E-state index is -0.542. The van der Waals surface area contributed by atoms with Crippen LogP contribution < -0.4 is 0 Å². The smallest absolute Gasteiger partial charge is 0.211 e. The summed E-state index contributed by atoms with van der Waals surface area (Å²) in [6, 6.07) is 0. The Morgan fingerprint density at radius 1 is 1.64 bits per heavy atom. The standard InChI is InChI=1S/C8H12O3/c1-3-8(2)7(6-9)10-4-5-11-8/h3-5H2,1-2H3. The highest BCUT2D eigenvalue weighted by Crippen LogP contribution is 2.27. The second-order valence-electron chi connectivity index (χ2n) is 2.71. The van der Waals surface area contributed by atoms with Gasteiger partial charge in [0.1, 0.15) is 12.2 Å². The number of carbonyl (C=O) groups excluding carboxylic acids is 1. The van der Waals surface area contributed by atoms with Crippen molar-refractivity contribution in [3.05, 3.63) is 5.76 Å². The Morgan fingerprint density at radius 2 is 2.36 bits per heavy atom. The molecule has 3 heteroatoms. The first-order chi connectivity index (χ1) is 5.23. The van der Waals surface area contributed by atoms with Crippen molar-refractivity contribution < 1.29 is 14.3 Å². The Labute approximate surface area is 66.0 Å². The molecule has 11 heavy (non-hydrogen) atoms. The van der Waals surface area contributed by atoms with Crippen LogP contribution in [0.4, 0.5) is 0 Å². The van der Waals surface area contributed by atoms with Gasteiger partial charge in [0, 0.05) is 0 Å². The Bertz CT molecular complexity index is 194. The second-order valence-corrected chi connectivity index (χ2v) is 2.71. The van der Waals surface area contributed by atoms with E-state index in [1.807, 2.05) is 13.8 Å². The predicted molar refractivity (Wildman–Crippen MR) is 39.8 cm³/mol. The molecule has 0 amide bonds. The Morgan fingerprint density at radius 3 is 2.82 bits per heavy atom. The molecule has 3 nitrogen and oxygen atoms in total. The predicted octanol–water partition coefficient (Wildman–Crippen LogP) is 0.917. The van der Waals surface area contributed by atoms with Crippen LogP contribution >= 0.6 is 0 Å². The molecular weight excluding hydrogens is 144 g/mol. The van der Waals surface area contributed by atoms with Gasteiger partial charge in [0.05, 0.1) is 6.61 Å². The van der Waals surface area contributed by atoms with Gasteiger partial charge in [0.25, 0.3) is 0 Å². The summed E-state index contributed by atoms with van der Waals surface area (Å²) in [5.74, 6) is 2.06. The molecule has 0 N–H and O–H groups in total. The Balaban J connectivity index is 2.82. The van der Waals surface area contributed by atoms with Gasteiger partial charge in [-0.25, -0.2) is 4.79 Å². The van der Waals surface area contributed by atoms with E-state index in [0.29, 0.717) is 19.0 Å². The molecule has 0 aromatic carbocycles. The Kier molecular flexibility index (Phi) is 2.32. The van der Waals surface area contributed by atoms with Crippen molar-refractivity contribution in [2.24, 2.45) is 0 Å². The topological polar surface area (TPSA) is 35.5 Å². The van der Waals surface area contributed by atoms with E-state index in [4.69, 9.17) is 9.47 Å². The maximum atomic E-state index is 10.4. The highest BCUT2D eigenvalue weighted by Gasteiger charge is 2.34. The zero-order chi connectivity index (χ0) is 8.32. The lowest BCUT2D eigenvalue weighted by Crippen LogP contribution is -2.38. The molecule has 62 valence electrons. The average molecular weight is 156 g/mol. The van der Waals surface area contributed by atoms with E-state index in [0.717, 1.165) is 6.42 Å². The fourth-order valence-electron chi connectivity index (χ4n) is 1.03. The molecule has 0 aromatic rings. The molecule has 1 saturated heterocycles. The van der Waals surface area contributed by atoms with Crippen molar-refractivity contribution >= 4 is 5.94 Å². The largest absolute Gasteiger partial charge is 0.482 e. The molecule has 1 aliphatic rings. The highest BCUT2D eigenvalue weighted by molar-refractivity contribution is 5.53. The highest BCUT2D eigenvalue weighted by atomic mass is 16.6. The maximum Gasteiger partial charge on any atom is 0.211 e. The van der Waals surface area contributed by atoms with E-state index in [-0.39, 0.29) is 0 Å². The molecule has 1 atom stereocenters. The summed E-state index contributed by atoms with van der Waals surface area (Å²) in [6.07, 6.45) is 0.734. The molecule has 0 aromatic heterocycles. The van der Waals surface area contributed by atoms with Crippen molar-refractivity contribution in [3.8, 4) is 0 Å². The van der Waals surface area contributed by atoms with Crippen LogP contribution in [0.25, 0.3) is 0 Å². The summed E-state index contributed by atoms with van der Waals surface area (Å²) in [5.41, 5.74) is -0.542. The van der Waals surface area contributed by atoms with Gasteiger partial charge in [-0.2, -0.15) is 0 Å². The van der Waals surface area contributed by atoms with Crippen molar-refractivity contribution in [2.75, 3.05) is 13.2 Å². The van der Waals surface area contributed by atoms with Crippen LogP contribution in [0.1, 0.15) is 20.3 Å². The van der Waals surface area contributed by atoms with Gasteiger partial charge < -0.3 is 9.47 Å². The first-order valence-corrected chi connectivity index (χ1v) is 3.75. The third-order valence-electron chi connectivity index (χ3n) is 2.00. The van der Waals surface area contributed by atoms with Gasteiger partial charge in [-0.15, -0.1) is 0 Å². The maximum absolute atomic E-state index is 10.4. The van der Waals surface area contributed by atoms with Gasteiger partial charge in [-0.3, -0.25) is 0 Å². The van der Waals surface area contributed by atoms with Gasteiger partial charge in [-0.05, 0) is 13.3 Å². The summed E-state index contributed by atoms with van der Waals surface area (Å²) in [4.78, 5) is 10.4.